The van der Waals surface area contributed by atoms with E-state index in [4.69, 9.17) is 23.2 Å². The molecule has 0 saturated carbocycles. The minimum absolute atomic E-state index is 0.402. The summed E-state index contributed by atoms with van der Waals surface area (Å²) in [6.45, 7) is 0. The summed E-state index contributed by atoms with van der Waals surface area (Å²) in [5.41, 5.74) is 0.853. The summed E-state index contributed by atoms with van der Waals surface area (Å²) in [4.78, 5) is 3.94. The zero-order valence-electron chi connectivity index (χ0n) is 4.94. The van der Waals surface area contributed by atoms with Crippen molar-refractivity contribution in [2.45, 2.75) is 5.88 Å². The summed E-state index contributed by atoms with van der Waals surface area (Å²) in [5.74, 6) is 0.402. The Morgan fingerprint density at radius 2 is 2.20 bits per heavy atom. The molecule has 1 aromatic heterocycles. The maximum Gasteiger partial charge on any atom is 0.134 e. The van der Waals surface area contributed by atoms with Crippen LogP contribution in [-0.4, -0.2) is 4.98 Å². The topological polar surface area (TPSA) is 12.9 Å². The molecule has 0 atom stereocenters. The van der Waals surface area contributed by atoms with Gasteiger partial charge in [0.25, 0.3) is 0 Å². The summed E-state index contributed by atoms with van der Waals surface area (Å²) in [7, 11) is 0. The van der Waals surface area contributed by atoms with Crippen LogP contribution >= 0.6 is 39.1 Å². The molecular formula is C6H4BrCl2N. The lowest BCUT2D eigenvalue weighted by molar-refractivity contribution is 1.21. The first-order valence-electron chi connectivity index (χ1n) is 2.61. The quantitative estimate of drug-likeness (QED) is 0.543. The van der Waals surface area contributed by atoms with Crippen LogP contribution in [0.25, 0.3) is 0 Å². The standard InChI is InChI=1S/C6H4BrCl2N/c7-5-2-1-4(3-8)6(9)10-5/h1-2H,3H2. The van der Waals surface area contributed by atoms with Crippen molar-refractivity contribution < 1.29 is 0 Å². The fourth-order valence-electron chi connectivity index (χ4n) is 0.541. The lowest BCUT2D eigenvalue weighted by Gasteiger charge is -1.97. The van der Waals surface area contributed by atoms with Crippen LogP contribution in [0.5, 0.6) is 0 Å². The molecule has 1 heterocycles. The van der Waals surface area contributed by atoms with Crippen molar-refractivity contribution >= 4 is 39.1 Å². The largest absolute Gasteiger partial charge is 0.229 e. The minimum atomic E-state index is 0.402. The van der Waals surface area contributed by atoms with Crippen molar-refractivity contribution in [3.05, 3.63) is 27.5 Å². The molecule has 0 aliphatic carbocycles. The fourth-order valence-corrected chi connectivity index (χ4v) is 1.46. The van der Waals surface area contributed by atoms with Gasteiger partial charge in [-0.1, -0.05) is 17.7 Å². The fraction of sp³-hybridized carbons (Fsp3) is 0.167. The molecule has 0 radical (unpaired) electrons. The van der Waals surface area contributed by atoms with E-state index in [1.54, 1.807) is 0 Å². The zero-order chi connectivity index (χ0) is 7.56. The lowest BCUT2D eigenvalue weighted by Crippen LogP contribution is -1.83. The molecule has 1 nitrogen and oxygen atoms in total. The Balaban J connectivity index is 3.07. The number of aromatic nitrogens is 1. The molecule has 0 bridgehead atoms. The van der Waals surface area contributed by atoms with Gasteiger partial charge in [-0.05, 0) is 22.0 Å². The molecule has 54 valence electrons. The number of nitrogens with zero attached hydrogens (tertiary/aromatic N) is 1. The number of alkyl halides is 1. The van der Waals surface area contributed by atoms with Gasteiger partial charge < -0.3 is 0 Å². The van der Waals surface area contributed by atoms with Crippen LogP contribution in [-0.2, 0) is 5.88 Å². The molecule has 0 aliphatic heterocycles. The Labute approximate surface area is 77.5 Å². The van der Waals surface area contributed by atoms with Crippen molar-refractivity contribution in [1.82, 2.24) is 4.98 Å². The average molecular weight is 241 g/mol. The molecule has 0 unspecified atom stereocenters. The van der Waals surface area contributed by atoms with Crippen molar-refractivity contribution in [2.75, 3.05) is 0 Å². The van der Waals surface area contributed by atoms with Gasteiger partial charge in [-0.3, -0.25) is 0 Å². The van der Waals surface area contributed by atoms with Gasteiger partial charge in [0.15, 0.2) is 0 Å². The number of halogens is 3. The van der Waals surface area contributed by atoms with Gasteiger partial charge in [0.05, 0.1) is 5.88 Å². The highest BCUT2D eigenvalue weighted by Gasteiger charge is 1.99. The van der Waals surface area contributed by atoms with Gasteiger partial charge in [-0.15, -0.1) is 11.6 Å². The molecule has 1 rings (SSSR count). The van der Waals surface area contributed by atoms with Crippen LogP contribution < -0.4 is 0 Å². The van der Waals surface area contributed by atoms with Gasteiger partial charge in [0, 0.05) is 5.56 Å². The van der Waals surface area contributed by atoms with Gasteiger partial charge in [-0.2, -0.15) is 0 Å². The van der Waals surface area contributed by atoms with E-state index in [0.717, 1.165) is 10.2 Å². The Hall–Kier alpha value is 0.210. The molecule has 0 fully saturated rings. The Bertz CT molecular complexity index is 239. The van der Waals surface area contributed by atoms with E-state index in [2.05, 4.69) is 20.9 Å². The molecule has 0 aliphatic rings. The van der Waals surface area contributed by atoms with E-state index in [0.29, 0.717) is 11.0 Å². The van der Waals surface area contributed by atoms with Crippen LogP contribution in [0.15, 0.2) is 16.7 Å². The van der Waals surface area contributed by atoms with Gasteiger partial charge >= 0.3 is 0 Å². The van der Waals surface area contributed by atoms with Crippen LogP contribution in [0.4, 0.5) is 0 Å². The predicted octanol–water partition coefficient (Wildman–Crippen LogP) is 3.24. The van der Waals surface area contributed by atoms with E-state index in [1.165, 1.54) is 0 Å². The number of hydrogen-bond donors (Lipinski definition) is 0. The third-order valence-corrected chi connectivity index (χ3v) is 2.09. The lowest BCUT2D eigenvalue weighted by atomic mass is 10.3. The second kappa shape index (κ2) is 3.56. The minimum Gasteiger partial charge on any atom is -0.229 e. The van der Waals surface area contributed by atoms with Crippen LogP contribution in [0, 0.1) is 0 Å². The average Bonchev–Trinajstić information content (AvgIpc) is 1.88. The summed E-state index contributed by atoms with van der Waals surface area (Å²) in [6.07, 6.45) is 0. The molecular weight excluding hydrogens is 237 g/mol. The third-order valence-electron chi connectivity index (χ3n) is 1.04. The highest BCUT2D eigenvalue weighted by molar-refractivity contribution is 9.10. The molecule has 0 N–H and O–H groups in total. The summed E-state index contributed by atoms with van der Waals surface area (Å²) >= 11 is 14.4. The van der Waals surface area contributed by atoms with Crippen molar-refractivity contribution in [2.24, 2.45) is 0 Å². The second-order valence-electron chi connectivity index (χ2n) is 1.72. The molecule has 0 spiro atoms. The first-order chi connectivity index (χ1) is 4.74. The number of pyridine rings is 1. The van der Waals surface area contributed by atoms with Crippen LogP contribution in [0.2, 0.25) is 5.15 Å². The molecule has 4 heteroatoms. The van der Waals surface area contributed by atoms with E-state index in [9.17, 15) is 0 Å². The second-order valence-corrected chi connectivity index (χ2v) is 3.16. The van der Waals surface area contributed by atoms with Crippen molar-refractivity contribution in [1.29, 1.82) is 0 Å². The summed E-state index contributed by atoms with van der Waals surface area (Å²) < 4.78 is 0.728. The molecule has 1 aromatic rings. The van der Waals surface area contributed by atoms with Crippen molar-refractivity contribution in [3.8, 4) is 0 Å². The molecule has 0 amide bonds. The smallest absolute Gasteiger partial charge is 0.134 e. The van der Waals surface area contributed by atoms with Gasteiger partial charge in [0.1, 0.15) is 9.76 Å². The number of hydrogen-bond acceptors (Lipinski definition) is 1. The Morgan fingerprint density at radius 3 is 2.70 bits per heavy atom. The number of rotatable bonds is 1. The highest BCUT2D eigenvalue weighted by atomic mass is 79.9. The highest BCUT2D eigenvalue weighted by Crippen LogP contribution is 2.18. The zero-order valence-corrected chi connectivity index (χ0v) is 8.04. The van der Waals surface area contributed by atoms with Gasteiger partial charge in [0.2, 0.25) is 0 Å². The van der Waals surface area contributed by atoms with E-state index in [1.807, 2.05) is 12.1 Å². The first-order valence-corrected chi connectivity index (χ1v) is 4.31. The molecule has 0 saturated heterocycles. The van der Waals surface area contributed by atoms with E-state index >= 15 is 0 Å². The van der Waals surface area contributed by atoms with Crippen LogP contribution in [0.1, 0.15) is 5.56 Å². The predicted molar refractivity (Wildman–Crippen MR) is 46.5 cm³/mol. The SMILES string of the molecule is ClCc1ccc(Br)nc1Cl. The monoisotopic (exact) mass is 239 g/mol. The summed E-state index contributed by atoms with van der Waals surface area (Å²) in [5, 5.41) is 0.462. The van der Waals surface area contributed by atoms with E-state index in [-0.39, 0.29) is 0 Å². The van der Waals surface area contributed by atoms with Gasteiger partial charge in [-0.25, -0.2) is 4.98 Å². The molecule has 10 heavy (non-hydrogen) atoms. The Kier molecular flexibility index (Phi) is 2.96. The first kappa shape index (κ1) is 8.31. The van der Waals surface area contributed by atoms with E-state index < -0.39 is 0 Å². The van der Waals surface area contributed by atoms with Crippen molar-refractivity contribution in [3.63, 3.8) is 0 Å². The molecule has 0 aromatic carbocycles. The summed E-state index contributed by atoms with van der Waals surface area (Å²) in [6, 6.07) is 3.65. The normalized spacial score (nSPS) is 9.90. The third kappa shape index (κ3) is 1.84. The van der Waals surface area contributed by atoms with Crippen LogP contribution in [0.3, 0.4) is 0 Å². The Morgan fingerprint density at radius 1 is 1.50 bits per heavy atom. The maximum atomic E-state index is 5.70. The maximum absolute atomic E-state index is 5.70.